The number of hydrogen-bond donors (Lipinski definition) is 2. The van der Waals surface area contributed by atoms with Crippen molar-refractivity contribution in [3.8, 4) is 0 Å². The van der Waals surface area contributed by atoms with Gasteiger partial charge in [0.2, 0.25) is 5.91 Å². The van der Waals surface area contributed by atoms with Crippen molar-refractivity contribution >= 4 is 33.5 Å². The lowest BCUT2D eigenvalue weighted by Gasteiger charge is -2.24. The fraction of sp³-hybridized carbons (Fsp3) is 0.333. The smallest absolute Gasteiger partial charge is 0.307 e. The molecule has 5 heteroatoms. The van der Waals surface area contributed by atoms with Crippen LogP contribution in [0.2, 0.25) is 0 Å². The molecule has 0 saturated carbocycles. The first kappa shape index (κ1) is 14.8. The number of carbonyl (C=O) groups excluding carboxylic acids is 1. The number of hydrogen-bond acceptors (Lipinski definition) is 2. The monoisotopic (exact) mass is 337 g/mol. The van der Waals surface area contributed by atoms with E-state index < -0.39 is 17.8 Å². The molecule has 0 aromatic heterocycles. The Balaban J connectivity index is 2.14. The van der Waals surface area contributed by atoms with Crippen LogP contribution >= 0.6 is 15.9 Å². The lowest BCUT2D eigenvalue weighted by Crippen LogP contribution is -2.34. The highest BCUT2D eigenvalue weighted by Crippen LogP contribution is 2.29. The Morgan fingerprint density at radius 3 is 2.50 bits per heavy atom. The van der Waals surface area contributed by atoms with Crippen LogP contribution in [0.5, 0.6) is 0 Å². The number of carbonyl (C=O) groups is 2. The number of anilines is 1. The predicted octanol–water partition coefficient (Wildman–Crippen LogP) is 3.36. The Kier molecular flexibility index (Phi) is 4.60. The number of aryl methyl sites for hydroxylation is 1. The molecule has 1 aliphatic carbocycles. The third-order valence-electron chi connectivity index (χ3n) is 3.47. The number of amides is 1. The molecule has 20 heavy (non-hydrogen) atoms. The molecule has 0 bridgehead atoms. The van der Waals surface area contributed by atoms with E-state index in [9.17, 15) is 14.7 Å². The molecule has 1 aliphatic rings. The van der Waals surface area contributed by atoms with E-state index in [1.807, 2.05) is 37.3 Å². The molecule has 2 atom stereocenters. The maximum atomic E-state index is 12.3. The largest absolute Gasteiger partial charge is 0.481 e. The molecule has 0 aliphatic heterocycles. The summed E-state index contributed by atoms with van der Waals surface area (Å²) in [5, 5.41) is 12.0. The summed E-state index contributed by atoms with van der Waals surface area (Å²) in [4.78, 5) is 23.5. The lowest BCUT2D eigenvalue weighted by molar-refractivity contribution is -0.146. The number of allylic oxidation sites excluding steroid dienone is 2. The van der Waals surface area contributed by atoms with Crippen LogP contribution in [0.25, 0.3) is 0 Å². The van der Waals surface area contributed by atoms with Crippen molar-refractivity contribution in [2.24, 2.45) is 11.8 Å². The van der Waals surface area contributed by atoms with Crippen molar-refractivity contribution in [1.82, 2.24) is 0 Å². The molecule has 2 N–H and O–H groups in total. The Morgan fingerprint density at radius 2 is 1.90 bits per heavy atom. The molecule has 0 saturated heterocycles. The van der Waals surface area contributed by atoms with Gasteiger partial charge in [0.15, 0.2) is 0 Å². The van der Waals surface area contributed by atoms with Gasteiger partial charge in [-0.1, -0.05) is 18.2 Å². The van der Waals surface area contributed by atoms with Crippen LogP contribution in [0.1, 0.15) is 18.4 Å². The zero-order valence-electron chi connectivity index (χ0n) is 11.1. The van der Waals surface area contributed by atoms with Gasteiger partial charge >= 0.3 is 5.97 Å². The van der Waals surface area contributed by atoms with E-state index in [0.29, 0.717) is 18.5 Å². The minimum Gasteiger partial charge on any atom is -0.481 e. The molecule has 4 nitrogen and oxygen atoms in total. The number of carboxylic acids is 1. The summed E-state index contributed by atoms with van der Waals surface area (Å²) < 4.78 is 0.795. The average molecular weight is 338 g/mol. The number of halogens is 1. The van der Waals surface area contributed by atoms with Crippen molar-refractivity contribution in [3.05, 3.63) is 40.4 Å². The fourth-order valence-corrected chi connectivity index (χ4v) is 2.92. The number of benzene rings is 1. The van der Waals surface area contributed by atoms with Gasteiger partial charge in [0.25, 0.3) is 0 Å². The maximum Gasteiger partial charge on any atom is 0.307 e. The molecule has 0 unspecified atom stereocenters. The SMILES string of the molecule is Cc1ccc(NC(=O)[C@@H]2CC=CC[C@@H]2C(=O)O)c(Br)c1. The van der Waals surface area contributed by atoms with Crippen molar-refractivity contribution in [1.29, 1.82) is 0 Å². The molecule has 2 rings (SSSR count). The van der Waals surface area contributed by atoms with Crippen molar-refractivity contribution in [3.63, 3.8) is 0 Å². The van der Waals surface area contributed by atoms with Gasteiger partial charge in [-0.3, -0.25) is 9.59 Å². The van der Waals surface area contributed by atoms with Crippen molar-refractivity contribution < 1.29 is 14.7 Å². The van der Waals surface area contributed by atoms with Gasteiger partial charge in [0.1, 0.15) is 0 Å². The second-order valence-corrected chi connectivity index (χ2v) is 5.82. The summed E-state index contributed by atoms with van der Waals surface area (Å²) >= 11 is 3.40. The van der Waals surface area contributed by atoms with Gasteiger partial charge in [0, 0.05) is 4.47 Å². The number of nitrogens with one attached hydrogen (secondary N) is 1. The third kappa shape index (κ3) is 3.28. The van der Waals surface area contributed by atoms with E-state index in [-0.39, 0.29) is 5.91 Å². The molecule has 0 spiro atoms. The van der Waals surface area contributed by atoms with Crippen molar-refractivity contribution in [2.45, 2.75) is 19.8 Å². The van der Waals surface area contributed by atoms with E-state index in [1.54, 1.807) is 0 Å². The fourth-order valence-electron chi connectivity index (χ4n) is 2.32. The molecule has 0 heterocycles. The quantitative estimate of drug-likeness (QED) is 0.831. The third-order valence-corrected chi connectivity index (χ3v) is 4.12. The molecular formula is C15H16BrNO3. The summed E-state index contributed by atoms with van der Waals surface area (Å²) in [7, 11) is 0. The minimum atomic E-state index is -0.919. The van der Waals surface area contributed by atoms with Gasteiger partial charge in [-0.15, -0.1) is 0 Å². The number of aliphatic carboxylic acids is 1. The second-order valence-electron chi connectivity index (χ2n) is 4.97. The van der Waals surface area contributed by atoms with Gasteiger partial charge in [-0.05, 0) is 53.4 Å². The van der Waals surface area contributed by atoms with Crippen molar-refractivity contribution in [2.75, 3.05) is 5.32 Å². The minimum absolute atomic E-state index is 0.244. The van der Waals surface area contributed by atoms with E-state index >= 15 is 0 Å². The van der Waals surface area contributed by atoms with E-state index in [0.717, 1.165) is 10.0 Å². The normalized spacial score (nSPS) is 21.5. The predicted molar refractivity (Wildman–Crippen MR) is 80.5 cm³/mol. The Labute approximate surface area is 126 Å². The first-order chi connectivity index (χ1) is 9.49. The molecule has 1 aromatic carbocycles. The topological polar surface area (TPSA) is 66.4 Å². The lowest BCUT2D eigenvalue weighted by atomic mass is 9.82. The molecule has 0 fully saturated rings. The molecule has 1 aromatic rings. The Hall–Kier alpha value is -1.62. The van der Waals surface area contributed by atoms with Crippen LogP contribution in [0.3, 0.4) is 0 Å². The zero-order valence-corrected chi connectivity index (χ0v) is 12.7. The van der Waals surface area contributed by atoms with E-state index in [2.05, 4.69) is 21.2 Å². The van der Waals surface area contributed by atoms with Gasteiger partial charge in [0.05, 0.1) is 17.5 Å². The highest BCUT2D eigenvalue weighted by atomic mass is 79.9. The Bertz CT molecular complexity index is 568. The van der Waals surface area contributed by atoms with E-state index in [4.69, 9.17) is 0 Å². The van der Waals surface area contributed by atoms with Crippen LogP contribution < -0.4 is 5.32 Å². The first-order valence-electron chi connectivity index (χ1n) is 6.44. The molecule has 106 valence electrons. The highest BCUT2D eigenvalue weighted by molar-refractivity contribution is 9.10. The molecule has 0 radical (unpaired) electrons. The summed E-state index contributed by atoms with van der Waals surface area (Å²) in [6.07, 6.45) is 4.56. The summed E-state index contributed by atoms with van der Waals surface area (Å²) in [5.74, 6) is -2.33. The highest BCUT2D eigenvalue weighted by Gasteiger charge is 2.34. The average Bonchev–Trinajstić information content (AvgIpc) is 2.41. The first-order valence-corrected chi connectivity index (χ1v) is 7.23. The summed E-state index contributed by atoms with van der Waals surface area (Å²) in [6.45, 7) is 1.96. The van der Waals surface area contributed by atoms with Gasteiger partial charge < -0.3 is 10.4 Å². The zero-order chi connectivity index (χ0) is 14.7. The van der Waals surface area contributed by atoms with Crippen LogP contribution in [0.4, 0.5) is 5.69 Å². The maximum absolute atomic E-state index is 12.3. The standard InChI is InChI=1S/C15H16BrNO3/c1-9-6-7-13(12(16)8-9)17-14(18)10-4-2-3-5-11(10)15(19)20/h2-3,6-8,10-11H,4-5H2,1H3,(H,17,18)(H,19,20)/t10-,11+/m1/s1. The van der Waals surface area contributed by atoms with E-state index in [1.165, 1.54) is 0 Å². The van der Waals surface area contributed by atoms with Crippen LogP contribution in [0, 0.1) is 18.8 Å². The summed E-state index contributed by atoms with van der Waals surface area (Å²) in [5.41, 5.74) is 1.75. The molecule has 1 amide bonds. The Morgan fingerprint density at radius 1 is 1.25 bits per heavy atom. The van der Waals surface area contributed by atoms with Crippen LogP contribution in [-0.4, -0.2) is 17.0 Å². The molecular weight excluding hydrogens is 322 g/mol. The number of carboxylic acid groups (broad SMARTS) is 1. The van der Waals surface area contributed by atoms with Gasteiger partial charge in [-0.2, -0.15) is 0 Å². The van der Waals surface area contributed by atoms with Crippen LogP contribution in [-0.2, 0) is 9.59 Å². The van der Waals surface area contributed by atoms with Crippen LogP contribution in [0.15, 0.2) is 34.8 Å². The second kappa shape index (κ2) is 6.22. The van der Waals surface area contributed by atoms with Gasteiger partial charge in [-0.25, -0.2) is 0 Å². The summed E-state index contributed by atoms with van der Waals surface area (Å²) in [6, 6.07) is 5.62. The number of rotatable bonds is 3.